The number of rotatable bonds is 4. The lowest BCUT2D eigenvalue weighted by molar-refractivity contribution is -0.101. The van der Waals surface area contributed by atoms with Gasteiger partial charge < -0.3 is 9.84 Å². The third kappa shape index (κ3) is 4.43. The van der Waals surface area contributed by atoms with Crippen LogP contribution in [0.15, 0.2) is 0 Å². The SMILES string of the molecule is CCCC(C)(C)OCO. The van der Waals surface area contributed by atoms with E-state index >= 15 is 0 Å². The van der Waals surface area contributed by atoms with E-state index in [-0.39, 0.29) is 12.4 Å². The summed E-state index contributed by atoms with van der Waals surface area (Å²) in [5, 5.41) is 8.41. The lowest BCUT2D eigenvalue weighted by atomic mass is 10.0. The summed E-state index contributed by atoms with van der Waals surface area (Å²) < 4.78 is 5.03. The lowest BCUT2D eigenvalue weighted by Crippen LogP contribution is -2.24. The summed E-state index contributed by atoms with van der Waals surface area (Å²) in [6, 6.07) is 0. The van der Waals surface area contributed by atoms with E-state index in [1.54, 1.807) is 0 Å². The molecule has 0 saturated carbocycles. The molecule has 0 rings (SSSR count). The maximum absolute atomic E-state index is 8.41. The second-order valence-corrected chi connectivity index (χ2v) is 2.78. The van der Waals surface area contributed by atoms with Crippen molar-refractivity contribution in [3.63, 3.8) is 0 Å². The van der Waals surface area contributed by atoms with Crippen molar-refractivity contribution in [2.45, 2.75) is 39.2 Å². The van der Waals surface area contributed by atoms with E-state index in [1.807, 2.05) is 13.8 Å². The monoisotopic (exact) mass is 132 g/mol. The Morgan fingerprint density at radius 2 is 2.00 bits per heavy atom. The topological polar surface area (TPSA) is 29.5 Å². The summed E-state index contributed by atoms with van der Waals surface area (Å²) in [5.41, 5.74) is -0.149. The van der Waals surface area contributed by atoms with Gasteiger partial charge in [-0.05, 0) is 20.3 Å². The van der Waals surface area contributed by atoms with Gasteiger partial charge in [-0.25, -0.2) is 0 Å². The van der Waals surface area contributed by atoms with Crippen molar-refractivity contribution in [1.82, 2.24) is 0 Å². The zero-order chi connectivity index (χ0) is 7.33. The highest BCUT2D eigenvalue weighted by molar-refractivity contribution is 4.65. The fraction of sp³-hybridized carbons (Fsp3) is 1.00. The number of ether oxygens (including phenoxy) is 1. The molecule has 56 valence electrons. The smallest absolute Gasteiger partial charge is 0.144 e. The molecule has 0 aliphatic rings. The Morgan fingerprint density at radius 3 is 2.33 bits per heavy atom. The molecule has 0 bridgehead atoms. The standard InChI is InChI=1S/C7H16O2/c1-4-5-7(2,3)9-6-8/h8H,4-6H2,1-3H3. The van der Waals surface area contributed by atoms with Crippen molar-refractivity contribution in [1.29, 1.82) is 0 Å². The van der Waals surface area contributed by atoms with Crippen LogP contribution in [0.25, 0.3) is 0 Å². The zero-order valence-electron chi connectivity index (χ0n) is 6.48. The van der Waals surface area contributed by atoms with Gasteiger partial charge in [-0.2, -0.15) is 0 Å². The maximum Gasteiger partial charge on any atom is 0.144 e. The van der Waals surface area contributed by atoms with Crippen LogP contribution < -0.4 is 0 Å². The molecule has 0 unspecified atom stereocenters. The molecule has 0 aromatic carbocycles. The van der Waals surface area contributed by atoms with Gasteiger partial charge in [0.1, 0.15) is 6.79 Å². The quantitative estimate of drug-likeness (QED) is 0.588. The van der Waals surface area contributed by atoms with Gasteiger partial charge >= 0.3 is 0 Å². The summed E-state index contributed by atoms with van der Waals surface area (Å²) in [6.45, 7) is 5.88. The van der Waals surface area contributed by atoms with Gasteiger partial charge in [0.15, 0.2) is 0 Å². The van der Waals surface area contributed by atoms with Crippen LogP contribution in [0, 0.1) is 0 Å². The van der Waals surface area contributed by atoms with Crippen LogP contribution in [0.4, 0.5) is 0 Å². The Hall–Kier alpha value is -0.0800. The van der Waals surface area contributed by atoms with E-state index in [0.29, 0.717) is 0 Å². The molecule has 0 atom stereocenters. The molecule has 0 saturated heterocycles. The first-order valence-electron chi connectivity index (χ1n) is 3.37. The third-order valence-corrected chi connectivity index (χ3v) is 1.31. The van der Waals surface area contributed by atoms with Crippen LogP contribution in [0.2, 0.25) is 0 Å². The lowest BCUT2D eigenvalue weighted by Gasteiger charge is -2.22. The van der Waals surface area contributed by atoms with Gasteiger partial charge in [-0.3, -0.25) is 0 Å². The molecule has 9 heavy (non-hydrogen) atoms. The highest BCUT2D eigenvalue weighted by Gasteiger charge is 2.15. The summed E-state index contributed by atoms with van der Waals surface area (Å²) in [7, 11) is 0. The van der Waals surface area contributed by atoms with Gasteiger partial charge in [-0.15, -0.1) is 0 Å². The summed E-state index contributed by atoms with van der Waals surface area (Å²) >= 11 is 0. The van der Waals surface area contributed by atoms with Crippen LogP contribution in [0.3, 0.4) is 0 Å². The summed E-state index contributed by atoms with van der Waals surface area (Å²) in [4.78, 5) is 0. The molecule has 2 nitrogen and oxygen atoms in total. The van der Waals surface area contributed by atoms with E-state index in [4.69, 9.17) is 9.84 Å². The molecule has 0 heterocycles. The normalized spacial score (nSPS) is 12.0. The Kier molecular flexibility index (Phi) is 3.82. The molecule has 0 aliphatic carbocycles. The summed E-state index contributed by atoms with van der Waals surface area (Å²) in [5.74, 6) is 0. The van der Waals surface area contributed by atoms with E-state index < -0.39 is 0 Å². The van der Waals surface area contributed by atoms with Crippen LogP contribution in [-0.4, -0.2) is 17.5 Å². The average molecular weight is 132 g/mol. The summed E-state index contributed by atoms with van der Waals surface area (Å²) in [6.07, 6.45) is 2.08. The largest absolute Gasteiger partial charge is 0.371 e. The fourth-order valence-electron chi connectivity index (χ4n) is 0.849. The van der Waals surface area contributed by atoms with Crippen molar-refractivity contribution in [3.8, 4) is 0 Å². The molecule has 0 aromatic rings. The predicted octanol–water partition coefficient (Wildman–Crippen LogP) is 1.53. The first-order chi connectivity index (χ1) is 4.12. The van der Waals surface area contributed by atoms with Crippen LogP contribution in [0.1, 0.15) is 33.6 Å². The van der Waals surface area contributed by atoms with E-state index in [2.05, 4.69) is 6.92 Å². The second kappa shape index (κ2) is 3.85. The first-order valence-corrected chi connectivity index (χ1v) is 3.37. The van der Waals surface area contributed by atoms with Crippen molar-refractivity contribution in [3.05, 3.63) is 0 Å². The first kappa shape index (κ1) is 8.92. The van der Waals surface area contributed by atoms with Crippen LogP contribution in [0.5, 0.6) is 0 Å². The number of aliphatic hydroxyl groups excluding tert-OH is 1. The molecule has 2 heteroatoms. The molecule has 0 aliphatic heterocycles. The van der Waals surface area contributed by atoms with E-state index in [0.717, 1.165) is 12.8 Å². The molecule has 0 spiro atoms. The van der Waals surface area contributed by atoms with Crippen molar-refractivity contribution in [2.24, 2.45) is 0 Å². The Balaban J connectivity index is 3.43. The zero-order valence-corrected chi connectivity index (χ0v) is 6.48. The minimum absolute atomic E-state index is 0.149. The van der Waals surface area contributed by atoms with Crippen LogP contribution >= 0.6 is 0 Å². The molecular weight excluding hydrogens is 116 g/mol. The highest BCUT2D eigenvalue weighted by Crippen LogP contribution is 2.14. The number of hydrogen-bond donors (Lipinski definition) is 1. The third-order valence-electron chi connectivity index (χ3n) is 1.31. The Morgan fingerprint density at radius 1 is 1.44 bits per heavy atom. The van der Waals surface area contributed by atoms with Crippen molar-refractivity contribution >= 4 is 0 Å². The highest BCUT2D eigenvalue weighted by atomic mass is 16.6. The Labute approximate surface area is 56.8 Å². The molecule has 0 radical (unpaired) electrons. The average Bonchev–Trinajstić information content (AvgIpc) is 1.64. The van der Waals surface area contributed by atoms with Crippen molar-refractivity contribution in [2.75, 3.05) is 6.79 Å². The second-order valence-electron chi connectivity index (χ2n) is 2.78. The maximum atomic E-state index is 8.41. The van der Waals surface area contributed by atoms with Gasteiger partial charge in [0.25, 0.3) is 0 Å². The van der Waals surface area contributed by atoms with Gasteiger partial charge in [-0.1, -0.05) is 13.3 Å². The molecule has 0 aromatic heterocycles. The minimum atomic E-state index is -0.174. The number of hydrogen-bond acceptors (Lipinski definition) is 2. The van der Waals surface area contributed by atoms with Crippen molar-refractivity contribution < 1.29 is 9.84 Å². The predicted molar refractivity (Wildman–Crippen MR) is 37.2 cm³/mol. The fourth-order valence-corrected chi connectivity index (χ4v) is 0.849. The molecular formula is C7H16O2. The molecule has 1 N–H and O–H groups in total. The van der Waals surface area contributed by atoms with Crippen LogP contribution in [-0.2, 0) is 4.74 Å². The van der Waals surface area contributed by atoms with E-state index in [1.165, 1.54) is 0 Å². The minimum Gasteiger partial charge on any atom is -0.371 e. The van der Waals surface area contributed by atoms with E-state index in [9.17, 15) is 0 Å². The molecule has 0 amide bonds. The van der Waals surface area contributed by atoms with Gasteiger partial charge in [0, 0.05) is 0 Å². The molecule has 0 fully saturated rings. The number of aliphatic hydroxyl groups is 1. The van der Waals surface area contributed by atoms with Gasteiger partial charge in [0.05, 0.1) is 5.60 Å². The van der Waals surface area contributed by atoms with Gasteiger partial charge in [0.2, 0.25) is 0 Å². The Bertz CT molecular complexity index is 61.3.